The Hall–Kier alpha value is -3.07. The second kappa shape index (κ2) is 11.6. The number of nitrogens with two attached hydrogens (primary N) is 1. The number of halogens is 3. The number of sulfone groups is 2. The van der Waals surface area contributed by atoms with Crippen LogP contribution in [0.25, 0.3) is 0 Å². The van der Waals surface area contributed by atoms with Crippen molar-refractivity contribution in [2.24, 2.45) is 11.8 Å². The average Bonchev–Trinajstić information content (AvgIpc) is 3.77. The van der Waals surface area contributed by atoms with Gasteiger partial charge in [-0.25, -0.2) is 16.8 Å². The van der Waals surface area contributed by atoms with Crippen molar-refractivity contribution in [2.75, 3.05) is 29.5 Å². The zero-order valence-corrected chi connectivity index (χ0v) is 23.0. The number of hydrogen-bond acceptors (Lipinski definition) is 9. The number of nitro groups is 1. The van der Waals surface area contributed by atoms with Crippen LogP contribution < -0.4 is 16.4 Å². The number of benzene rings is 2. The highest BCUT2D eigenvalue weighted by Gasteiger charge is 2.47. The Balaban J connectivity index is 0.000000216. The molecule has 0 atom stereocenters. The molecule has 0 radical (unpaired) electrons. The molecule has 4 rings (SSSR count). The fourth-order valence-corrected chi connectivity index (χ4v) is 5.29. The minimum absolute atomic E-state index is 0.00354. The molecule has 2 aromatic rings. The van der Waals surface area contributed by atoms with Crippen molar-refractivity contribution in [1.82, 2.24) is 0 Å². The van der Waals surface area contributed by atoms with Crippen molar-refractivity contribution in [3.63, 3.8) is 0 Å². The van der Waals surface area contributed by atoms with Crippen LogP contribution in [0.3, 0.4) is 0 Å². The molecule has 2 fully saturated rings. The Morgan fingerprint density at radius 3 is 1.85 bits per heavy atom. The van der Waals surface area contributed by atoms with Crippen LogP contribution in [0.4, 0.5) is 35.9 Å². The third-order valence-electron chi connectivity index (χ3n) is 6.31. The van der Waals surface area contributed by atoms with E-state index in [2.05, 4.69) is 10.6 Å². The summed E-state index contributed by atoms with van der Waals surface area (Å²) in [5.74, 6) is 1.15. The fourth-order valence-electron chi connectivity index (χ4n) is 3.42. The number of alkyl halides is 3. The van der Waals surface area contributed by atoms with Gasteiger partial charge in [-0.3, -0.25) is 10.1 Å². The third kappa shape index (κ3) is 7.75. The van der Waals surface area contributed by atoms with Gasteiger partial charge in [-0.15, -0.1) is 0 Å². The van der Waals surface area contributed by atoms with Gasteiger partial charge < -0.3 is 16.4 Å². The first-order valence-corrected chi connectivity index (χ1v) is 15.3. The minimum atomic E-state index is -5.34. The number of nitrogens with zero attached hydrogens (tertiary/aromatic N) is 1. The number of nitrogens with one attached hydrogen (secondary N) is 2. The predicted octanol–water partition coefficient (Wildman–Crippen LogP) is 4.98. The summed E-state index contributed by atoms with van der Waals surface area (Å²) >= 11 is 0. The van der Waals surface area contributed by atoms with Gasteiger partial charge >= 0.3 is 5.51 Å². The summed E-state index contributed by atoms with van der Waals surface area (Å²) in [4.78, 5) is 9.71. The third-order valence-corrected chi connectivity index (χ3v) is 9.95. The van der Waals surface area contributed by atoms with E-state index in [-0.39, 0.29) is 16.3 Å². The quantitative estimate of drug-likeness (QED) is 0.196. The maximum Gasteiger partial charge on any atom is 0.501 e. The molecule has 2 aliphatic rings. The largest absolute Gasteiger partial charge is 0.501 e. The van der Waals surface area contributed by atoms with Crippen molar-refractivity contribution in [3.8, 4) is 0 Å². The van der Waals surface area contributed by atoms with Gasteiger partial charge in [0.2, 0.25) is 0 Å². The monoisotopic (exact) mass is 592 g/mol. The van der Waals surface area contributed by atoms with Gasteiger partial charge in [0, 0.05) is 19.2 Å². The molecule has 4 N–H and O–H groups in total. The molecule has 39 heavy (non-hydrogen) atoms. The molecule has 0 saturated heterocycles. The lowest BCUT2D eigenvalue weighted by molar-refractivity contribution is -0.384. The first-order valence-electron chi connectivity index (χ1n) is 12.2. The molecule has 2 saturated carbocycles. The van der Waals surface area contributed by atoms with Crippen molar-refractivity contribution in [2.45, 2.75) is 60.1 Å². The molecule has 0 aliphatic heterocycles. The minimum Gasteiger partial charge on any atom is -0.397 e. The highest BCUT2D eigenvalue weighted by molar-refractivity contribution is 7.92. The number of nitro benzene ring substituents is 1. The van der Waals surface area contributed by atoms with Gasteiger partial charge in [-0.1, -0.05) is 0 Å². The van der Waals surface area contributed by atoms with Gasteiger partial charge in [-0.2, -0.15) is 13.2 Å². The molecule has 0 aromatic heterocycles. The average molecular weight is 593 g/mol. The van der Waals surface area contributed by atoms with Crippen LogP contribution in [0.1, 0.15) is 39.5 Å². The molecule has 216 valence electrons. The predicted molar refractivity (Wildman–Crippen MR) is 142 cm³/mol. The summed E-state index contributed by atoms with van der Waals surface area (Å²) in [7, 11) is -8.84. The first-order chi connectivity index (χ1) is 18.0. The SMILES string of the molecule is CC(C)S(=O)(=O)c1ccc(NCC2CC2)c([N+](=O)[O-])c1.Nc1cc(S(=O)(=O)C(F)(F)F)ccc1NCC1CC1. The van der Waals surface area contributed by atoms with E-state index in [9.17, 15) is 40.1 Å². The summed E-state index contributed by atoms with van der Waals surface area (Å²) in [6.45, 7) is 4.49. The van der Waals surface area contributed by atoms with Gasteiger partial charge in [-0.05, 0) is 81.7 Å². The molecular formula is C24H31F3N4O6S2. The molecule has 15 heteroatoms. The van der Waals surface area contributed by atoms with Crippen molar-refractivity contribution >= 4 is 42.4 Å². The number of nitrogen functional groups attached to an aromatic ring is 1. The highest BCUT2D eigenvalue weighted by atomic mass is 32.2. The Labute approximate surface area is 225 Å². The van der Waals surface area contributed by atoms with Crippen LogP contribution in [-0.2, 0) is 19.7 Å². The first kappa shape index (κ1) is 30.5. The van der Waals surface area contributed by atoms with E-state index in [0.717, 1.165) is 43.9 Å². The second-order valence-corrected chi connectivity index (χ2v) is 14.3. The zero-order valence-electron chi connectivity index (χ0n) is 21.4. The van der Waals surface area contributed by atoms with E-state index in [1.54, 1.807) is 13.8 Å². The summed E-state index contributed by atoms with van der Waals surface area (Å²) in [5, 5.41) is 16.5. The molecule has 0 bridgehead atoms. The molecule has 0 heterocycles. The van der Waals surface area contributed by atoms with Gasteiger partial charge in [0.15, 0.2) is 9.84 Å². The molecule has 0 amide bonds. The van der Waals surface area contributed by atoms with Gasteiger partial charge in [0.1, 0.15) is 5.69 Å². The number of anilines is 3. The van der Waals surface area contributed by atoms with E-state index in [1.165, 1.54) is 18.2 Å². The lowest BCUT2D eigenvalue weighted by atomic mass is 10.2. The Morgan fingerprint density at radius 1 is 0.923 bits per heavy atom. The Morgan fingerprint density at radius 2 is 1.41 bits per heavy atom. The maximum absolute atomic E-state index is 12.4. The van der Waals surface area contributed by atoms with Crippen LogP contribution in [0, 0.1) is 22.0 Å². The van der Waals surface area contributed by atoms with Gasteiger partial charge in [0.25, 0.3) is 15.5 Å². The molecule has 2 aliphatic carbocycles. The van der Waals surface area contributed by atoms with E-state index < -0.39 is 40.3 Å². The van der Waals surface area contributed by atoms with Crippen LogP contribution in [-0.4, -0.2) is 45.6 Å². The summed E-state index contributed by atoms with van der Waals surface area (Å²) in [5.41, 5.74) is 0.892. The Kier molecular flexibility index (Phi) is 9.05. The number of rotatable bonds is 10. The molecule has 2 aromatic carbocycles. The molecular weight excluding hydrogens is 561 g/mol. The van der Waals surface area contributed by atoms with E-state index in [0.29, 0.717) is 36.3 Å². The van der Waals surface area contributed by atoms with Crippen molar-refractivity contribution in [1.29, 1.82) is 0 Å². The smallest absolute Gasteiger partial charge is 0.397 e. The van der Waals surface area contributed by atoms with Gasteiger partial charge in [0.05, 0.1) is 31.3 Å². The topological polar surface area (TPSA) is 162 Å². The summed E-state index contributed by atoms with van der Waals surface area (Å²) in [6.07, 6.45) is 4.52. The molecule has 0 spiro atoms. The van der Waals surface area contributed by atoms with Crippen LogP contribution in [0.5, 0.6) is 0 Å². The fraction of sp³-hybridized carbons (Fsp3) is 0.500. The molecule has 10 nitrogen and oxygen atoms in total. The van der Waals surface area contributed by atoms with Crippen LogP contribution in [0.2, 0.25) is 0 Å². The normalized spacial score (nSPS) is 15.8. The second-order valence-electron chi connectivity index (χ2n) is 9.88. The molecule has 0 unspecified atom stereocenters. The van der Waals surface area contributed by atoms with Crippen LogP contribution in [0.15, 0.2) is 46.2 Å². The van der Waals surface area contributed by atoms with E-state index >= 15 is 0 Å². The lowest BCUT2D eigenvalue weighted by Crippen LogP contribution is -2.23. The standard InChI is InChI=1S/C13H18N2O4S.C11H13F3N2O2S/c1-9(2)20(18,19)11-5-6-12(13(7-11)15(16)17)14-8-10-3-4-10;12-11(13,14)19(17,18)8-3-4-10(9(15)5-8)16-6-7-1-2-7/h5-7,9-10,14H,3-4,8H2,1-2H3;3-5,7,16H,1-2,6,15H2. The number of hydrogen-bond donors (Lipinski definition) is 3. The Bertz CT molecular complexity index is 1420. The summed E-state index contributed by atoms with van der Waals surface area (Å²) in [6, 6.07) is 7.06. The van der Waals surface area contributed by atoms with E-state index in [1.807, 2.05) is 0 Å². The van der Waals surface area contributed by atoms with Crippen molar-refractivity contribution in [3.05, 3.63) is 46.5 Å². The lowest BCUT2D eigenvalue weighted by Gasteiger charge is -2.12. The van der Waals surface area contributed by atoms with Crippen molar-refractivity contribution < 1.29 is 34.9 Å². The van der Waals surface area contributed by atoms with E-state index in [4.69, 9.17) is 5.73 Å². The maximum atomic E-state index is 12.4. The zero-order chi connectivity index (χ0) is 29.2. The van der Waals surface area contributed by atoms with Crippen LogP contribution >= 0.6 is 0 Å². The summed E-state index contributed by atoms with van der Waals surface area (Å²) < 4.78 is 83.6. The highest BCUT2D eigenvalue weighted by Crippen LogP contribution is 2.35.